The molecule has 17 heavy (non-hydrogen) atoms. The van der Waals surface area contributed by atoms with Crippen LogP contribution in [0.5, 0.6) is 0 Å². The molecular formula is C4H8N6Na2O4S. The van der Waals surface area contributed by atoms with Gasteiger partial charge in [-0.05, 0) is 0 Å². The zero-order valence-corrected chi connectivity index (χ0v) is 14.1. The summed E-state index contributed by atoms with van der Waals surface area (Å²) in [4.78, 5) is 18.5. The van der Waals surface area contributed by atoms with Crippen LogP contribution in [0.4, 0.5) is 17.8 Å². The summed E-state index contributed by atoms with van der Waals surface area (Å²) in [6, 6.07) is 0. The average Bonchev–Trinajstić information content (AvgIpc) is 2.03. The van der Waals surface area contributed by atoms with Crippen LogP contribution >= 0.6 is 0 Å². The first kappa shape index (κ1) is 25.9. The van der Waals surface area contributed by atoms with Gasteiger partial charge in [0.2, 0.25) is 17.8 Å². The first-order chi connectivity index (χ1) is 6.91. The summed E-state index contributed by atoms with van der Waals surface area (Å²) in [6.07, 6.45) is 0. The number of rotatable bonds is 0. The molecule has 0 saturated carbocycles. The van der Waals surface area contributed by atoms with Crippen LogP contribution in [-0.4, -0.2) is 35.1 Å². The number of hydrogen-bond acceptors (Lipinski definition) is 10. The molecule has 1 aromatic rings. The molecule has 6 N–H and O–H groups in total. The van der Waals surface area contributed by atoms with Crippen LogP contribution in [0.15, 0.2) is 0 Å². The molecule has 0 fully saturated rings. The van der Waals surface area contributed by atoms with Crippen molar-refractivity contribution in [2.75, 3.05) is 17.2 Å². The molecule has 1 aromatic heterocycles. The molecular weight excluding hydrogens is 274 g/mol. The summed E-state index contributed by atoms with van der Waals surface area (Å²) in [7, 11) is 0. The quantitative estimate of drug-likeness (QED) is 0.303. The molecule has 1 heterocycles. The van der Waals surface area contributed by atoms with E-state index in [4.69, 9.17) is 35.3 Å². The second-order valence-corrected chi connectivity index (χ2v) is 2.02. The van der Waals surface area contributed by atoms with Crippen molar-refractivity contribution in [1.29, 1.82) is 0 Å². The molecule has 0 aliphatic rings. The van der Waals surface area contributed by atoms with Crippen LogP contribution in [0.2, 0.25) is 0 Å². The second-order valence-electron chi connectivity index (χ2n) is 1.61. The minimum Gasteiger partial charge on any atom is -0.784 e. The van der Waals surface area contributed by atoms with Crippen LogP contribution in [0.1, 0.15) is 0 Å². The standard InChI is InChI=1S/C3H6N6.CH2O.2Na.H2O3S/c4-1-7-2(5)9-3(6)8-1;1-2;;;1-4(2)3/h(H6,4,5,6,7,8,9);1H2;;;(H2,1,2,3)/q;;2*+1;/p-2. The summed E-state index contributed by atoms with van der Waals surface area (Å²) in [5.74, 6) is 0.125. The zero-order chi connectivity index (χ0) is 12.4. The van der Waals surface area contributed by atoms with Gasteiger partial charge in [0.05, 0.1) is 0 Å². The van der Waals surface area contributed by atoms with E-state index in [1.54, 1.807) is 0 Å². The van der Waals surface area contributed by atoms with E-state index in [1.807, 2.05) is 6.79 Å². The van der Waals surface area contributed by atoms with Crippen LogP contribution in [-0.2, 0) is 16.2 Å². The van der Waals surface area contributed by atoms with E-state index in [0.29, 0.717) is 0 Å². The van der Waals surface area contributed by atoms with Crippen LogP contribution in [0.3, 0.4) is 0 Å². The number of nitrogen functional groups attached to an aromatic ring is 3. The van der Waals surface area contributed by atoms with E-state index in [9.17, 15) is 0 Å². The molecule has 0 spiro atoms. The minimum absolute atomic E-state index is 0. The van der Waals surface area contributed by atoms with Gasteiger partial charge in [-0.1, -0.05) is 0 Å². The van der Waals surface area contributed by atoms with Crippen molar-refractivity contribution in [3.05, 3.63) is 0 Å². The fourth-order valence-electron chi connectivity index (χ4n) is 0.427. The molecule has 0 atom stereocenters. The molecule has 86 valence electrons. The van der Waals surface area contributed by atoms with E-state index in [-0.39, 0.29) is 77.0 Å². The molecule has 0 aliphatic carbocycles. The Morgan fingerprint density at radius 2 is 1.00 bits per heavy atom. The average molecular weight is 282 g/mol. The fourth-order valence-corrected chi connectivity index (χ4v) is 0.427. The normalized spacial score (nSPS) is 7.24. The molecule has 13 heteroatoms. The molecule has 0 saturated heterocycles. The maximum Gasteiger partial charge on any atom is 1.00 e. The Balaban J connectivity index is -0.0000000925. The number of carbonyl (C=O) groups is 1. The Morgan fingerprint density at radius 3 is 1.12 bits per heavy atom. The number of anilines is 3. The van der Waals surface area contributed by atoms with Gasteiger partial charge in [-0.2, -0.15) is 15.0 Å². The van der Waals surface area contributed by atoms with Gasteiger partial charge in [0.25, 0.3) is 0 Å². The Bertz CT molecular complexity index is 276. The van der Waals surface area contributed by atoms with Gasteiger partial charge in [0.1, 0.15) is 6.79 Å². The van der Waals surface area contributed by atoms with Gasteiger partial charge in [0.15, 0.2) is 0 Å². The molecule has 0 radical (unpaired) electrons. The van der Waals surface area contributed by atoms with Crippen molar-refractivity contribution in [3.63, 3.8) is 0 Å². The van der Waals surface area contributed by atoms with Gasteiger partial charge in [-0.15, -0.1) is 11.4 Å². The van der Waals surface area contributed by atoms with Gasteiger partial charge in [-0.25, -0.2) is 0 Å². The number of aromatic nitrogens is 3. The topological polar surface area (TPSA) is 197 Å². The number of nitrogens with two attached hydrogens (primary N) is 3. The Hall–Kier alpha value is 0.150. The molecule has 0 aromatic carbocycles. The van der Waals surface area contributed by atoms with E-state index < -0.39 is 11.4 Å². The van der Waals surface area contributed by atoms with Crippen molar-refractivity contribution >= 4 is 36.0 Å². The van der Waals surface area contributed by atoms with Crippen molar-refractivity contribution in [2.45, 2.75) is 0 Å². The maximum atomic E-state index is 8.44. The van der Waals surface area contributed by atoms with Crippen LogP contribution in [0.25, 0.3) is 0 Å². The van der Waals surface area contributed by atoms with Crippen LogP contribution < -0.4 is 76.3 Å². The Labute approximate surface area is 144 Å². The summed E-state index contributed by atoms with van der Waals surface area (Å²) in [6.45, 7) is 2.00. The third-order valence-electron chi connectivity index (χ3n) is 0.687. The third kappa shape index (κ3) is 21.9. The summed E-state index contributed by atoms with van der Waals surface area (Å²) in [5, 5.41) is 0. The number of carbonyl (C=O) groups excluding carboxylic acids is 1. The largest absolute Gasteiger partial charge is 1.00 e. The van der Waals surface area contributed by atoms with Crippen molar-refractivity contribution in [2.24, 2.45) is 0 Å². The maximum absolute atomic E-state index is 8.44. The molecule has 0 aliphatic heterocycles. The van der Waals surface area contributed by atoms with Gasteiger partial charge >= 0.3 is 59.1 Å². The monoisotopic (exact) mass is 282 g/mol. The van der Waals surface area contributed by atoms with Gasteiger partial charge < -0.3 is 31.1 Å². The molecule has 0 unspecified atom stereocenters. The summed E-state index contributed by atoms with van der Waals surface area (Å²) in [5.41, 5.74) is 15.4. The van der Waals surface area contributed by atoms with E-state index in [1.165, 1.54) is 0 Å². The second kappa shape index (κ2) is 16.1. The fraction of sp³-hybridized carbons (Fsp3) is 0. The first-order valence-electron chi connectivity index (χ1n) is 3.00. The third-order valence-corrected chi connectivity index (χ3v) is 0.687. The van der Waals surface area contributed by atoms with Crippen molar-refractivity contribution in [1.82, 2.24) is 15.0 Å². The predicted molar refractivity (Wildman–Crippen MR) is 49.9 cm³/mol. The van der Waals surface area contributed by atoms with Crippen molar-refractivity contribution in [3.8, 4) is 0 Å². The van der Waals surface area contributed by atoms with E-state index >= 15 is 0 Å². The van der Waals surface area contributed by atoms with E-state index in [0.717, 1.165) is 0 Å². The Morgan fingerprint density at radius 1 is 0.882 bits per heavy atom. The number of hydrogen-bond donors (Lipinski definition) is 3. The number of nitrogens with zero attached hydrogens (tertiary/aromatic N) is 3. The summed E-state index contributed by atoms with van der Waals surface area (Å²) >= 11 is -3.11. The van der Waals surface area contributed by atoms with Crippen molar-refractivity contribution < 1.29 is 77.2 Å². The molecule has 1 rings (SSSR count). The first-order valence-corrected chi connectivity index (χ1v) is 4.00. The summed E-state index contributed by atoms with van der Waals surface area (Å²) < 4.78 is 25.3. The van der Waals surface area contributed by atoms with Gasteiger partial charge in [-0.3, -0.25) is 4.21 Å². The molecule has 0 amide bonds. The Kier molecular flexibility index (Phi) is 24.6. The zero-order valence-electron chi connectivity index (χ0n) is 9.32. The van der Waals surface area contributed by atoms with E-state index in [2.05, 4.69) is 15.0 Å². The van der Waals surface area contributed by atoms with Crippen LogP contribution in [0, 0.1) is 0 Å². The predicted octanol–water partition coefficient (Wildman–Crippen LogP) is -8.56. The smallest absolute Gasteiger partial charge is 0.784 e. The molecule has 0 bridgehead atoms. The molecule has 10 nitrogen and oxygen atoms in total. The van der Waals surface area contributed by atoms with Gasteiger partial charge in [0, 0.05) is 0 Å². The SMILES string of the molecule is C=O.Nc1nc(N)nc(N)n1.O=S([O-])[O-].[Na+].[Na+]. The minimum atomic E-state index is -3.11.